The van der Waals surface area contributed by atoms with E-state index in [9.17, 15) is 4.79 Å². The Morgan fingerprint density at radius 2 is 1.94 bits per heavy atom. The summed E-state index contributed by atoms with van der Waals surface area (Å²) < 4.78 is 0. The second-order valence-corrected chi connectivity index (χ2v) is 5.21. The number of carbonyl (C=O) groups is 1. The number of amides is 1. The molecular formula is C14H28N2O. The normalized spacial score (nSPS) is 20.6. The zero-order chi connectivity index (χ0) is 12.5. The zero-order valence-electron chi connectivity index (χ0n) is 11.5. The first-order valence-electron chi connectivity index (χ1n) is 7.25. The van der Waals surface area contributed by atoms with E-state index in [4.69, 9.17) is 0 Å². The number of unbranched alkanes of at least 4 members (excludes halogenated alkanes) is 5. The van der Waals surface area contributed by atoms with E-state index in [0.29, 0.717) is 11.9 Å². The summed E-state index contributed by atoms with van der Waals surface area (Å²) in [7, 11) is 0. The Labute approximate surface area is 106 Å². The highest BCUT2D eigenvalue weighted by Crippen LogP contribution is 2.09. The predicted molar refractivity (Wildman–Crippen MR) is 72.0 cm³/mol. The van der Waals surface area contributed by atoms with E-state index >= 15 is 0 Å². The molecule has 1 saturated heterocycles. The molecule has 0 radical (unpaired) electrons. The van der Waals surface area contributed by atoms with Crippen molar-refractivity contribution in [3.63, 3.8) is 0 Å². The molecule has 0 unspecified atom stereocenters. The second kappa shape index (κ2) is 8.51. The van der Waals surface area contributed by atoms with Crippen LogP contribution in [-0.4, -0.2) is 36.5 Å². The van der Waals surface area contributed by atoms with Gasteiger partial charge in [0.2, 0.25) is 5.91 Å². The van der Waals surface area contributed by atoms with E-state index in [1.165, 1.54) is 32.1 Å². The van der Waals surface area contributed by atoms with Crippen molar-refractivity contribution >= 4 is 5.91 Å². The molecule has 1 aliphatic rings. The van der Waals surface area contributed by atoms with E-state index in [1.54, 1.807) is 0 Å². The van der Waals surface area contributed by atoms with Crippen LogP contribution in [0.2, 0.25) is 0 Å². The summed E-state index contributed by atoms with van der Waals surface area (Å²) in [5.74, 6) is 0.355. The topological polar surface area (TPSA) is 32.3 Å². The van der Waals surface area contributed by atoms with Crippen LogP contribution in [0.25, 0.3) is 0 Å². The fourth-order valence-corrected chi connectivity index (χ4v) is 2.37. The van der Waals surface area contributed by atoms with Gasteiger partial charge in [-0.2, -0.15) is 0 Å². The molecule has 0 aromatic carbocycles. The van der Waals surface area contributed by atoms with Crippen LogP contribution in [0, 0.1) is 0 Å². The Morgan fingerprint density at radius 3 is 2.65 bits per heavy atom. The van der Waals surface area contributed by atoms with Gasteiger partial charge in [-0.3, -0.25) is 4.79 Å². The Kier molecular flexibility index (Phi) is 7.25. The Bertz CT molecular complexity index is 218. The van der Waals surface area contributed by atoms with Crippen molar-refractivity contribution in [2.75, 3.05) is 19.6 Å². The van der Waals surface area contributed by atoms with Crippen molar-refractivity contribution in [2.24, 2.45) is 0 Å². The standard InChI is InChI=1S/C14H28N2O/c1-3-4-5-6-7-8-9-14(17)16-11-10-15-13(2)12-16/h13,15H,3-12H2,1-2H3/t13-/m0/s1. The van der Waals surface area contributed by atoms with Crippen LogP contribution >= 0.6 is 0 Å². The van der Waals surface area contributed by atoms with Crippen molar-refractivity contribution < 1.29 is 4.79 Å². The van der Waals surface area contributed by atoms with Crippen molar-refractivity contribution in [1.82, 2.24) is 10.2 Å². The molecule has 1 heterocycles. The minimum atomic E-state index is 0.355. The van der Waals surface area contributed by atoms with Crippen LogP contribution in [0.3, 0.4) is 0 Å². The van der Waals surface area contributed by atoms with Crippen molar-refractivity contribution in [2.45, 2.75) is 64.8 Å². The maximum atomic E-state index is 11.9. The molecular weight excluding hydrogens is 212 g/mol. The summed E-state index contributed by atoms with van der Waals surface area (Å²) >= 11 is 0. The average Bonchev–Trinajstić information content (AvgIpc) is 2.33. The summed E-state index contributed by atoms with van der Waals surface area (Å²) in [6, 6.07) is 0.456. The molecule has 3 heteroatoms. The van der Waals surface area contributed by atoms with E-state index in [2.05, 4.69) is 19.2 Å². The molecule has 0 saturated carbocycles. The first-order chi connectivity index (χ1) is 8.24. The molecule has 1 amide bonds. The van der Waals surface area contributed by atoms with Gasteiger partial charge in [0.25, 0.3) is 0 Å². The maximum Gasteiger partial charge on any atom is 0.222 e. The number of hydrogen-bond donors (Lipinski definition) is 1. The highest BCUT2D eigenvalue weighted by Gasteiger charge is 2.19. The second-order valence-electron chi connectivity index (χ2n) is 5.21. The zero-order valence-corrected chi connectivity index (χ0v) is 11.5. The van der Waals surface area contributed by atoms with Gasteiger partial charge in [0.15, 0.2) is 0 Å². The van der Waals surface area contributed by atoms with Gasteiger partial charge in [-0.15, -0.1) is 0 Å². The molecule has 1 N–H and O–H groups in total. The third-order valence-electron chi connectivity index (χ3n) is 3.47. The highest BCUT2D eigenvalue weighted by molar-refractivity contribution is 5.76. The highest BCUT2D eigenvalue weighted by atomic mass is 16.2. The minimum absolute atomic E-state index is 0.355. The number of hydrogen-bond acceptors (Lipinski definition) is 2. The van der Waals surface area contributed by atoms with Crippen molar-refractivity contribution in [1.29, 1.82) is 0 Å². The fraction of sp³-hybridized carbons (Fsp3) is 0.929. The van der Waals surface area contributed by atoms with Crippen LogP contribution in [0.15, 0.2) is 0 Å². The molecule has 0 spiro atoms. The summed E-state index contributed by atoms with van der Waals surface area (Å²) in [5, 5.41) is 3.36. The number of nitrogens with zero attached hydrogens (tertiary/aromatic N) is 1. The Balaban J connectivity index is 2.04. The van der Waals surface area contributed by atoms with Crippen molar-refractivity contribution in [3.8, 4) is 0 Å². The molecule has 0 aliphatic carbocycles. The summed E-state index contributed by atoms with van der Waals surface area (Å²) in [6.07, 6.45) is 8.28. The molecule has 0 aromatic rings. The van der Waals surface area contributed by atoms with Crippen molar-refractivity contribution in [3.05, 3.63) is 0 Å². The number of rotatable bonds is 7. The Morgan fingerprint density at radius 1 is 1.24 bits per heavy atom. The first kappa shape index (κ1) is 14.5. The van der Waals surface area contributed by atoms with Gasteiger partial charge in [-0.25, -0.2) is 0 Å². The molecule has 100 valence electrons. The van der Waals surface area contributed by atoms with E-state index < -0.39 is 0 Å². The lowest BCUT2D eigenvalue weighted by Gasteiger charge is -2.32. The summed E-state index contributed by atoms with van der Waals surface area (Å²) in [6.45, 7) is 7.09. The molecule has 17 heavy (non-hydrogen) atoms. The number of nitrogens with one attached hydrogen (secondary N) is 1. The lowest BCUT2D eigenvalue weighted by molar-refractivity contribution is -0.132. The van der Waals surface area contributed by atoms with Gasteiger partial charge in [0, 0.05) is 32.1 Å². The first-order valence-corrected chi connectivity index (χ1v) is 7.25. The van der Waals surface area contributed by atoms with Gasteiger partial charge in [-0.1, -0.05) is 39.0 Å². The molecule has 1 atom stereocenters. The molecule has 1 fully saturated rings. The van der Waals surface area contributed by atoms with Crippen LogP contribution in [-0.2, 0) is 4.79 Å². The maximum absolute atomic E-state index is 11.9. The number of carbonyl (C=O) groups excluding carboxylic acids is 1. The smallest absolute Gasteiger partial charge is 0.222 e. The van der Waals surface area contributed by atoms with E-state index in [-0.39, 0.29) is 0 Å². The molecule has 1 rings (SSSR count). The van der Waals surface area contributed by atoms with Gasteiger partial charge in [0.05, 0.1) is 0 Å². The van der Waals surface area contributed by atoms with Crippen LogP contribution < -0.4 is 5.32 Å². The van der Waals surface area contributed by atoms with Gasteiger partial charge >= 0.3 is 0 Å². The van der Waals surface area contributed by atoms with Crippen LogP contribution in [0.4, 0.5) is 0 Å². The quantitative estimate of drug-likeness (QED) is 0.694. The third kappa shape index (κ3) is 6.06. The molecule has 0 aromatic heterocycles. The molecule has 0 bridgehead atoms. The SMILES string of the molecule is CCCCCCCCC(=O)N1CCN[C@@H](C)C1. The lowest BCUT2D eigenvalue weighted by atomic mass is 10.1. The lowest BCUT2D eigenvalue weighted by Crippen LogP contribution is -2.51. The molecule has 3 nitrogen and oxygen atoms in total. The largest absolute Gasteiger partial charge is 0.340 e. The predicted octanol–water partition coefficient (Wildman–Crippen LogP) is 2.56. The minimum Gasteiger partial charge on any atom is -0.340 e. The molecule has 1 aliphatic heterocycles. The fourth-order valence-electron chi connectivity index (χ4n) is 2.37. The Hall–Kier alpha value is -0.570. The van der Waals surface area contributed by atoms with Gasteiger partial charge in [-0.05, 0) is 13.3 Å². The van der Waals surface area contributed by atoms with Crippen LogP contribution in [0.5, 0.6) is 0 Å². The summed E-state index contributed by atoms with van der Waals surface area (Å²) in [5.41, 5.74) is 0. The van der Waals surface area contributed by atoms with Gasteiger partial charge in [0.1, 0.15) is 0 Å². The third-order valence-corrected chi connectivity index (χ3v) is 3.47. The summed E-state index contributed by atoms with van der Waals surface area (Å²) in [4.78, 5) is 14.0. The average molecular weight is 240 g/mol. The van der Waals surface area contributed by atoms with E-state index in [1.807, 2.05) is 4.90 Å². The van der Waals surface area contributed by atoms with Gasteiger partial charge < -0.3 is 10.2 Å². The van der Waals surface area contributed by atoms with Crippen LogP contribution in [0.1, 0.15) is 58.8 Å². The monoisotopic (exact) mass is 240 g/mol. The number of piperazine rings is 1. The van der Waals surface area contributed by atoms with E-state index in [0.717, 1.165) is 32.5 Å².